The van der Waals surface area contributed by atoms with Crippen molar-refractivity contribution >= 4 is 9.84 Å². The summed E-state index contributed by atoms with van der Waals surface area (Å²) in [4.78, 5) is 0. The van der Waals surface area contributed by atoms with Crippen molar-refractivity contribution < 1.29 is 13.2 Å². The molecular formula is C15H19NO3S. The number of rotatable bonds is 5. The minimum absolute atomic E-state index is 0.163. The third-order valence-electron chi connectivity index (χ3n) is 3.91. The Morgan fingerprint density at radius 2 is 1.95 bits per heavy atom. The topological polar surface area (TPSA) is 67.2 Å². The summed E-state index contributed by atoms with van der Waals surface area (Å²) in [6.07, 6.45) is 1.20. The van der Waals surface area contributed by atoms with Crippen LogP contribution in [-0.2, 0) is 14.6 Å². The molecule has 0 heterocycles. The molecule has 0 N–H and O–H groups in total. The van der Waals surface area contributed by atoms with Gasteiger partial charge in [0.25, 0.3) is 0 Å². The van der Waals surface area contributed by atoms with E-state index in [0.717, 1.165) is 11.1 Å². The lowest BCUT2D eigenvalue weighted by Crippen LogP contribution is -2.18. The van der Waals surface area contributed by atoms with Gasteiger partial charge in [0.1, 0.15) is 5.41 Å². The molecule has 5 heteroatoms. The van der Waals surface area contributed by atoms with Gasteiger partial charge in [-0.05, 0) is 19.4 Å². The summed E-state index contributed by atoms with van der Waals surface area (Å²) in [5.74, 6) is -0.297. The molecule has 4 nitrogen and oxygen atoms in total. The van der Waals surface area contributed by atoms with Crippen molar-refractivity contribution in [3.63, 3.8) is 0 Å². The van der Waals surface area contributed by atoms with Gasteiger partial charge in [0.15, 0.2) is 9.84 Å². The molecule has 0 radical (unpaired) electrons. The van der Waals surface area contributed by atoms with Crippen molar-refractivity contribution in [3.8, 4) is 6.07 Å². The summed E-state index contributed by atoms with van der Waals surface area (Å²) < 4.78 is 29.3. The highest BCUT2D eigenvalue weighted by Gasteiger charge is 2.71. The Bertz CT molecular complexity index is 630. The SMILES string of the molecule is CCOC[C@@]1(C#N)[C@H](S(C)(=O)=O)[C@@H]1c1ccc(C)cc1. The second-order valence-electron chi connectivity index (χ2n) is 5.43. The molecule has 0 unspecified atom stereocenters. The molecule has 1 saturated carbocycles. The highest BCUT2D eigenvalue weighted by Crippen LogP contribution is 2.62. The van der Waals surface area contributed by atoms with Gasteiger partial charge in [-0.1, -0.05) is 29.8 Å². The van der Waals surface area contributed by atoms with E-state index in [4.69, 9.17) is 4.74 Å². The van der Waals surface area contributed by atoms with E-state index in [1.54, 1.807) is 0 Å². The molecule has 1 aliphatic rings. The number of benzene rings is 1. The smallest absolute Gasteiger partial charge is 0.152 e. The van der Waals surface area contributed by atoms with E-state index in [1.165, 1.54) is 6.26 Å². The summed E-state index contributed by atoms with van der Waals surface area (Å²) in [7, 11) is -3.29. The minimum Gasteiger partial charge on any atom is -0.380 e. The van der Waals surface area contributed by atoms with E-state index in [9.17, 15) is 13.7 Å². The molecule has 0 saturated heterocycles. The largest absolute Gasteiger partial charge is 0.380 e. The van der Waals surface area contributed by atoms with E-state index in [1.807, 2.05) is 38.1 Å². The van der Waals surface area contributed by atoms with Crippen LogP contribution in [0.5, 0.6) is 0 Å². The molecule has 0 amide bonds. The van der Waals surface area contributed by atoms with Gasteiger partial charge in [0, 0.05) is 18.8 Å². The van der Waals surface area contributed by atoms with Gasteiger partial charge in [-0.2, -0.15) is 5.26 Å². The monoisotopic (exact) mass is 293 g/mol. The molecule has 1 aromatic rings. The lowest BCUT2D eigenvalue weighted by Gasteiger charge is -2.08. The van der Waals surface area contributed by atoms with Gasteiger partial charge in [0.05, 0.1) is 17.9 Å². The van der Waals surface area contributed by atoms with Crippen molar-refractivity contribution in [3.05, 3.63) is 35.4 Å². The van der Waals surface area contributed by atoms with Crippen LogP contribution < -0.4 is 0 Å². The summed E-state index contributed by atoms with van der Waals surface area (Å²) in [5, 5.41) is 8.84. The summed E-state index contributed by atoms with van der Waals surface area (Å²) in [5.41, 5.74) is 1.06. The molecule has 0 spiro atoms. The lowest BCUT2D eigenvalue weighted by molar-refractivity contribution is 0.117. The number of hydrogen-bond acceptors (Lipinski definition) is 4. The zero-order valence-corrected chi connectivity index (χ0v) is 12.8. The van der Waals surface area contributed by atoms with Crippen LogP contribution >= 0.6 is 0 Å². The van der Waals surface area contributed by atoms with Crippen molar-refractivity contribution in [2.75, 3.05) is 19.5 Å². The Morgan fingerprint density at radius 1 is 1.35 bits per heavy atom. The lowest BCUT2D eigenvalue weighted by atomic mass is 10.0. The highest BCUT2D eigenvalue weighted by atomic mass is 32.2. The predicted octanol–water partition coefficient (Wildman–Crippen LogP) is 2.05. The van der Waals surface area contributed by atoms with Crippen LogP contribution in [0.2, 0.25) is 0 Å². The van der Waals surface area contributed by atoms with Crippen molar-refractivity contribution in [1.82, 2.24) is 0 Å². The van der Waals surface area contributed by atoms with Crippen LogP contribution in [-0.4, -0.2) is 33.1 Å². The van der Waals surface area contributed by atoms with Gasteiger partial charge >= 0.3 is 0 Å². The fraction of sp³-hybridized carbons (Fsp3) is 0.533. The number of nitrogens with zero attached hydrogens (tertiary/aromatic N) is 1. The van der Waals surface area contributed by atoms with Gasteiger partial charge < -0.3 is 4.74 Å². The van der Waals surface area contributed by atoms with Gasteiger partial charge in [0.2, 0.25) is 0 Å². The van der Waals surface area contributed by atoms with Gasteiger partial charge in [-0.15, -0.1) is 0 Å². The average Bonchev–Trinajstić information content (AvgIpc) is 3.07. The molecule has 1 aliphatic carbocycles. The minimum atomic E-state index is -3.29. The number of sulfone groups is 1. The number of nitriles is 1. The molecule has 3 atom stereocenters. The first-order chi connectivity index (χ1) is 9.36. The van der Waals surface area contributed by atoms with Gasteiger partial charge in [-0.25, -0.2) is 8.42 Å². The van der Waals surface area contributed by atoms with Crippen LogP contribution in [0, 0.1) is 23.7 Å². The molecule has 20 heavy (non-hydrogen) atoms. The van der Waals surface area contributed by atoms with Crippen LogP contribution in [0.25, 0.3) is 0 Å². The Hall–Kier alpha value is -1.38. The zero-order valence-electron chi connectivity index (χ0n) is 12.0. The zero-order chi connectivity index (χ0) is 15.0. The maximum atomic E-state index is 12.0. The number of hydrogen-bond donors (Lipinski definition) is 0. The highest BCUT2D eigenvalue weighted by molar-refractivity contribution is 7.91. The molecule has 1 aromatic carbocycles. The second-order valence-corrected chi connectivity index (χ2v) is 7.59. The van der Waals surface area contributed by atoms with E-state index in [0.29, 0.717) is 6.61 Å². The average molecular weight is 293 g/mol. The Morgan fingerprint density at radius 3 is 2.40 bits per heavy atom. The first-order valence-electron chi connectivity index (χ1n) is 6.61. The van der Waals surface area contributed by atoms with E-state index >= 15 is 0 Å². The van der Waals surface area contributed by atoms with Gasteiger partial charge in [-0.3, -0.25) is 0 Å². The van der Waals surface area contributed by atoms with Crippen LogP contribution in [0.15, 0.2) is 24.3 Å². The van der Waals surface area contributed by atoms with E-state index in [2.05, 4.69) is 6.07 Å². The molecule has 0 aliphatic heterocycles. The fourth-order valence-corrected chi connectivity index (χ4v) is 4.74. The third-order valence-corrected chi connectivity index (χ3v) is 5.52. The molecule has 1 fully saturated rings. The summed E-state index contributed by atoms with van der Waals surface area (Å²) in [6.45, 7) is 4.45. The molecule has 108 valence electrons. The number of aryl methyl sites for hydroxylation is 1. The van der Waals surface area contributed by atoms with Crippen molar-refractivity contribution in [2.45, 2.75) is 25.0 Å². The molecule has 0 aromatic heterocycles. The second kappa shape index (κ2) is 5.19. The Labute approximate surface area is 120 Å². The van der Waals surface area contributed by atoms with Crippen molar-refractivity contribution in [2.24, 2.45) is 5.41 Å². The first kappa shape index (κ1) is 15.0. The molecule has 2 rings (SSSR count). The maximum absolute atomic E-state index is 12.0. The predicted molar refractivity (Wildman–Crippen MR) is 77.1 cm³/mol. The molecule has 0 bridgehead atoms. The Kier molecular flexibility index (Phi) is 3.90. The van der Waals surface area contributed by atoms with Crippen LogP contribution in [0.1, 0.15) is 24.0 Å². The van der Waals surface area contributed by atoms with E-state index < -0.39 is 20.5 Å². The summed E-state index contributed by atoms with van der Waals surface area (Å²) >= 11 is 0. The Balaban J connectivity index is 2.40. The quantitative estimate of drug-likeness (QED) is 0.833. The van der Waals surface area contributed by atoms with E-state index in [-0.39, 0.29) is 12.5 Å². The van der Waals surface area contributed by atoms with Crippen molar-refractivity contribution in [1.29, 1.82) is 5.26 Å². The third kappa shape index (κ3) is 2.46. The maximum Gasteiger partial charge on any atom is 0.152 e. The normalized spacial score (nSPS) is 28.9. The fourth-order valence-electron chi connectivity index (χ4n) is 2.89. The van der Waals surface area contributed by atoms with Crippen LogP contribution in [0.4, 0.5) is 0 Å². The number of ether oxygens (including phenoxy) is 1. The van der Waals surface area contributed by atoms with Crippen LogP contribution in [0.3, 0.4) is 0 Å². The first-order valence-corrected chi connectivity index (χ1v) is 8.56. The molecular weight excluding hydrogens is 274 g/mol. The standard InChI is InChI=1S/C15H19NO3S/c1-4-19-10-15(9-16)13(14(15)20(3,17)18)12-7-5-11(2)6-8-12/h5-8,13-14H,4,10H2,1-3H3/t13-,14+,15+/m0/s1. The summed E-state index contributed by atoms with van der Waals surface area (Å²) in [6, 6.07) is 9.90.